The Labute approximate surface area is 168 Å². The summed E-state index contributed by atoms with van der Waals surface area (Å²) in [7, 11) is 3.26. The molecule has 0 spiro atoms. The molecule has 0 heterocycles. The molecule has 26 heavy (non-hydrogen) atoms. The Balaban J connectivity index is 0.00000625. The summed E-state index contributed by atoms with van der Waals surface area (Å²) < 4.78 is 42.4. The van der Waals surface area contributed by atoms with E-state index < -0.39 is 17.6 Å². The highest BCUT2D eigenvalue weighted by molar-refractivity contribution is 14.0. The second-order valence-electron chi connectivity index (χ2n) is 5.10. The molecule has 0 aromatic heterocycles. The number of ether oxygens (including phenoxy) is 1. The van der Waals surface area contributed by atoms with Gasteiger partial charge in [-0.2, -0.15) is 13.2 Å². The van der Waals surface area contributed by atoms with Crippen molar-refractivity contribution in [3.05, 3.63) is 35.4 Å². The van der Waals surface area contributed by atoms with Crippen LogP contribution in [0.4, 0.5) is 13.2 Å². The van der Waals surface area contributed by atoms with E-state index in [0.29, 0.717) is 32.2 Å². The molecule has 0 fully saturated rings. The van der Waals surface area contributed by atoms with Crippen LogP contribution in [0.1, 0.15) is 22.3 Å². The van der Waals surface area contributed by atoms with E-state index in [-0.39, 0.29) is 29.5 Å². The van der Waals surface area contributed by atoms with Gasteiger partial charge in [0.1, 0.15) is 0 Å². The molecule has 0 aliphatic carbocycles. The lowest BCUT2D eigenvalue weighted by Crippen LogP contribution is -2.42. The second kappa shape index (κ2) is 12.7. The molecule has 0 saturated carbocycles. The van der Waals surface area contributed by atoms with E-state index in [1.165, 1.54) is 0 Å². The largest absolute Gasteiger partial charge is 0.416 e. The number of halogens is 4. The zero-order valence-corrected chi connectivity index (χ0v) is 17.0. The minimum Gasteiger partial charge on any atom is -0.385 e. The molecule has 3 N–H and O–H groups in total. The van der Waals surface area contributed by atoms with Crippen LogP contribution >= 0.6 is 24.0 Å². The summed E-state index contributed by atoms with van der Waals surface area (Å²) >= 11 is 0. The number of guanidine groups is 1. The van der Waals surface area contributed by atoms with Crippen LogP contribution in [0.3, 0.4) is 0 Å². The van der Waals surface area contributed by atoms with Crippen molar-refractivity contribution < 1.29 is 22.7 Å². The fourth-order valence-electron chi connectivity index (χ4n) is 1.91. The molecule has 0 bridgehead atoms. The lowest BCUT2D eigenvalue weighted by Gasteiger charge is -2.12. The second-order valence-corrected chi connectivity index (χ2v) is 5.10. The lowest BCUT2D eigenvalue weighted by molar-refractivity contribution is -0.137. The van der Waals surface area contributed by atoms with Crippen LogP contribution in [0.2, 0.25) is 0 Å². The molecule has 0 saturated heterocycles. The van der Waals surface area contributed by atoms with Crippen molar-refractivity contribution in [3.8, 4) is 0 Å². The van der Waals surface area contributed by atoms with Gasteiger partial charge in [-0.1, -0.05) is 0 Å². The number of hydrogen-bond donors (Lipinski definition) is 3. The quantitative estimate of drug-likeness (QED) is 0.227. The average Bonchev–Trinajstić information content (AvgIpc) is 2.59. The van der Waals surface area contributed by atoms with Gasteiger partial charge >= 0.3 is 6.18 Å². The van der Waals surface area contributed by atoms with Gasteiger partial charge in [-0.3, -0.25) is 9.79 Å². The lowest BCUT2D eigenvalue weighted by atomic mass is 10.1. The Hall–Kier alpha value is -1.56. The number of carbonyl (C=O) groups is 1. The highest BCUT2D eigenvalue weighted by Gasteiger charge is 2.30. The maximum atomic E-state index is 12.5. The normalized spacial score (nSPS) is 11.5. The monoisotopic (exact) mass is 488 g/mol. The molecule has 1 aromatic carbocycles. The first-order chi connectivity index (χ1) is 11.9. The molecule has 0 aliphatic rings. The van der Waals surface area contributed by atoms with Gasteiger partial charge in [0, 0.05) is 46.0 Å². The Bertz CT molecular complexity index is 566. The van der Waals surface area contributed by atoms with E-state index >= 15 is 0 Å². The number of alkyl halides is 3. The van der Waals surface area contributed by atoms with Crippen LogP contribution in [0.5, 0.6) is 0 Å². The Morgan fingerprint density at radius 3 is 2.19 bits per heavy atom. The number of aliphatic imine (C=N–C) groups is 1. The summed E-state index contributed by atoms with van der Waals surface area (Å²) in [6.07, 6.45) is -3.58. The van der Waals surface area contributed by atoms with Gasteiger partial charge in [-0.05, 0) is 30.7 Å². The molecular weight excluding hydrogens is 464 g/mol. The number of hydrogen-bond acceptors (Lipinski definition) is 3. The van der Waals surface area contributed by atoms with E-state index in [9.17, 15) is 18.0 Å². The van der Waals surface area contributed by atoms with E-state index in [0.717, 1.165) is 30.7 Å². The van der Waals surface area contributed by atoms with Gasteiger partial charge in [0.15, 0.2) is 5.96 Å². The minimum atomic E-state index is -4.41. The van der Waals surface area contributed by atoms with Crippen molar-refractivity contribution in [2.24, 2.45) is 4.99 Å². The summed E-state index contributed by atoms with van der Waals surface area (Å²) in [5.41, 5.74) is -0.607. The highest BCUT2D eigenvalue weighted by atomic mass is 127. The third-order valence-corrected chi connectivity index (χ3v) is 3.22. The fourth-order valence-corrected chi connectivity index (χ4v) is 1.91. The summed E-state index contributed by atoms with van der Waals surface area (Å²) in [4.78, 5) is 15.9. The van der Waals surface area contributed by atoms with Gasteiger partial charge in [0.05, 0.1) is 5.56 Å². The summed E-state index contributed by atoms with van der Waals surface area (Å²) in [5.74, 6) is 0.165. The molecule has 0 unspecified atom stereocenters. The van der Waals surface area contributed by atoms with Crippen molar-refractivity contribution >= 4 is 35.8 Å². The van der Waals surface area contributed by atoms with Crippen LogP contribution < -0.4 is 16.0 Å². The number of rotatable bonds is 8. The van der Waals surface area contributed by atoms with E-state index in [2.05, 4.69) is 20.9 Å². The van der Waals surface area contributed by atoms with Crippen molar-refractivity contribution in [2.75, 3.05) is 40.4 Å². The van der Waals surface area contributed by atoms with Crippen molar-refractivity contribution in [3.63, 3.8) is 0 Å². The van der Waals surface area contributed by atoms with Crippen LogP contribution in [0.25, 0.3) is 0 Å². The SMILES string of the molecule is CN=C(NCCCOC)NCCNC(=O)c1ccc(C(F)(F)F)cc1.I. The van der Waals surface area contributed by atoms with E-state index in [1.54, 1.807) is 14.2 Å². The third kappa shape index (κ3) is 9.22. The van der Waals surface area contributed by atoms with Crippen molar-refractivity contribution in [1.29, 1.82) is 0 Å². The number of methoxy groups -OCH3 is 1. The minimum absolute atomic E-state index is 0. The Morgan fingerprint density at radius 1 is 1.08 bits per heavy atom. The van der Waals surface area contributed by atoms with Crippen LogP contribution in [-0.2, 0) is 10.9 Å². The molecule has 1 amide bonds. The van der Waals surface area contributed by atoms with Gasteiger partial charge in [0.25, 0.3) is 5.91 Å². The summed E-state index contributed by atoms with van der Waals surface area (Å²) in [5, 5.41) is 8.73. The molecular formula is C16H24F3IN4O2. The molecule has 148 valence electrons. The van der Waals surface area contributed by atoms with Crippen LogP contribution in [-0.4, -0.2) is 52.3 Å². The van der Waals surface area contributed by atoms with Crippen molar-refractivity contribution in [2.45, 2.75) is 12.6 Å². The molecule has 0 aliphatic heterocycles. The predicted molar refractivity (Wildman–Crippen MR) is 105 cm³/mol. The zero-order chi connectivity index (χ0) is 18.7. The highest BCUT2D eigenvalue weighted by Crippen LogP contribution is 2.28. The van der Waals surface area contributed by atoms with E-state index in [4.69, 9.17) is 4.74 Å². The Morgan fingerprint density at radius 2 is 1.65 bits per heavy atom. The fraction of sp³-hybridized carbons (Fsp3) is 0.500. The molecule has 6 nitrogen and oxygen atoms in total. The third-order valence-electron chi connectivity index (χ3n) is 3.22. The zero-order valence-electron chi connectivity index (χ0n) is 14.7. The number of nitrogens with one attached hydrogen (secondary N) is 3. The molecule has 10 heteroatoms. The number of carbonyl (C=O) groups excluding carboxylic acids is 1. The maximum Gasteiger partial charge on any atom is 0.416 e. The van der Waals surface area contributed by atoms with Gasteiger partial charge in [-0.15, -0.1) is 24.0 Å². The van der Waals surface area contributed by atoms with Crippen LogP contribution in [0.15, 0.2) is 29.3 Å². The standard InChI is InChI=1S/C16H23F3N4O2.HI/c1-20-15(22-8-3-11-25-2)23-10-9-21-14(24)12-4-6-13(7-5-12)16(17,18)19;/h4-7H,3,8-11H2,1-2H3,(H,21,24)(H2,20,22,23);1H. The van der Waals surface area contributed by atoms with Crippen molar-refractivity contribution in [1.82, 2.24) is 16.0 Å². The molecule has 1 aromatic rings. The number of amides is 1. The maximum absolute atomic E-state index is 12.5. The van der Waals surface area contributed by atoms with E-state index in [1.807, 2.05) is 0 Å². The Kier molecular flexibility index (Phi) is 12.0. The molecule has 0 radical (unpaired) electrons. The summed E-state index contributed by atoms with van der Waals surface area (Å²) in [6.45, 7) is 2.08. The topological polar surface area (TPSA) is 74.8 Å². The summed E-state index contributed by atoms with van der Waals surface area (Å²) in [6, 6.07) is 4.08. The average molecular weight is 488 g/mol. The van der Waals surface area contributed by atoms with Gasteiger partial charge in [0.2, 0.25) is 0 Å². The van der Waals surface area contributed by atoms with Crippen LogP contribution in [0, 0.1) is 0 Å². The molecule has 0 atom stereocenters. The first kappa shape index (κ1) is 24.4. The number of nitrogens with zero attached hydrogens (tertiary/aromatic N) is 1. The van der Waals surface area contributed by atoms with Gasteiger partial charge in [-0.25, -0.2) is 0 Å². The number of benzene rings is 1. The smallest absolute Gasteiger partial charge is 0.385 e. The predicted octanol–water partition coefficient (Wildman–Crippen LogP) is 2.25. The van der Waals surface area contributed by atoms with Gasteiger partial charge < -0.3 is 20.7 Å². The first-order valence-corrected chi connectivity index (χ1v) is 7.77. The first-order valence-electron chi connectivity index (χ1n) is 7.77. The molecule has 1 rings (SSSR count).